The second kappa shape index (κ2) is 4.17. The Kier molecular flexibility index (Phi) is 3.24. The normalized spacial score (nSPS) is 26.9. The predicted octanol–water partition coefficient (Wildman–Crippen LogP) is 1.16. The quantitative estimate of drug-likeness (QED) is 0.384. The van der Waals surface area contributed by atoms with Crippen molar-refractivity contribution < 1.29 is 0 Å². The average molecular weight is 409 g/mol. The van der Waals surface area contributed by atoms with Crippen LogP contribution >= 0.6 is 38.5 Å². The van der Waals surface area contributed by atoms with Crippen LogP contribution in [-0.2, 0) is 0 Å². The lowest BCUT2D eigenvalue weighted by atomic mass is 9.90. The Hall–Kier alpha value is -0.210. The largest absolute Gasteiger partial charge is 0.309 e. The van der Waals surface area contributed by atoms with Crippen LogP contribution in [0.3, 0.4) is 0 Å². The third kappa shape index (κ3) is 2.48. The van der Waals surface area contributed by atoms with E-state index in [-0.39, 0.29) is 5.41 Å². The Balaban J connectivity index is 2.73. The van der Waals surface area contributed by atoms with Gasteiger partial charge in [-0.25, -0.2) is 0 Å². The molecule has 1 heterocycles. The van der Waals surface area contributed by atoms with Crippen LogP contribution in [0.25, 0.3) is 10.6 Å². The molecule has 1 aliphatic carbocycles. The van der Waals surface area contributed by atoms with Gasteiger partial charge in [0.1, 0.15) is 8.89 Å². The first-order valence-corrected chi connectivity index (χ1v) is 7.09. The fraction of sp³-hybridized carbons (Fsp3) is 0.455. The van der Waals surface area contributed by atoms with E-state index in [9.17, 15) is 0 Å². The SMILES string of the molecule is CC(C)(C)C=C1C=c2[nH]nnc2=C(Br)C1(N)I. The number of aromatic amines is 1. The van der Waals surface area contributed by atoms with Crippen LogP contribution in [0.2, 0.25) is 0 Å². The standard InChI is InChI=1S/C11H14BrIN4/c1-10(2,3)5-6-4-7-8(16-17-15-7)9(12)11(6,13)14/h4-5H,14H2,1-3H3,(H,15,16). The van der Waals surface area contributed by atoms with Crippen LogP contribution in [0.15, 0.2) is 11.6 Å². The zero-order valence-corrected chi connectivity index (χ0v) is 13.6. The molecule has 0 spiro atoms. The first-order valence-electron chi connectivity index (χ1n) is 5.22. The Morgan fingerprint density at radius 3 is 2.76 bits per heavy atom. The molecule has 0 saturated heterocycles. The number of H-pyrrole nitrogens is 1. The minimum atomic E-state index is -0.588. The molecular formula is C11H14BrIN4. The molecule has 0 bridgehead atoms. The van der Waals surface area contributed by atoms with Gasteiger partial charge >= 0.3 is 0 Å². The molecular weight excluding hydrogens is 395 g/mol. The van der Waals surface area contributed by atoms with E-state index >= 15 is 0 Å². The summed E-state index contributed by atoms with van der Waals surface area (Å²) in [5, 5.41) is 12.4. The van der Waals surface area contributed by atoms with Crippen LogP contribution in [0.5, 0.6) is 0 Å². The monoisotopic (exact) mass is 408 g/mol. The van der Waals surface area contributed by atoms with E-state index in [1.54, 1.807) is 0 Å². The first kappa shape index (κ1) is 13.2. The lowest BCUT2D eigenvalue weighted by Gasteiger charge is -2.28. The maximum Gasteiger partial charge on any atom is 0.128 e. The number of aromatic nitrogens is 3. The molecule has 0 fully saturated rings. The van der Waals surface area contributed by atoms with Crippen LogP contribution in [-0.4, -0.2) is 19.0 Å². The summed E-state index contributed by atoms with van der Waals surface area (Å²) >= 11 is 5.76. The van der Waals surface area contributed by atoms with Gasteiger partial charge in [0.05, 0.1) is 9.83 Å². The van der Waals surface area contributed by atoms with Crippen molar-refractivity contribution in [3.8, 4) is 0 Å². The number of halogens is 2. The molecule has 0 amide bonds. The number of alkyl halides is 1. The molecule has 1 aliphatic rings. The van der Waals surface area contributed by atoms with Crippen LogP contribution in [0, 0.1) is 5.41 Å². The van der Waals surface area contributed by atoms with Gasteiger partial charge in [0.25, 0.3) is 0 Å². The summed E-state index contributed by atoms with van der Waals surface area (Å²) in [6.45, 7) is 6.44. The van der Waals surface area contributed by atoms with E-state index in [0.29, 0.717) is 0 Å². The van der Waals surface area contributed by atoms with E-state index in [1.807, 2.05) is 6.08 Å². The predicted molar refractivity (Wildman–Crippen MR) is 80.9 cm³/mol. The number of nitrogens with one attached hydrogen (secondary N) is 1. The molecule has 2 rings (SSSR count). The van der Waals surface area contributed by atoms with E-state index in [2.05, 4.69) is 80.8 Å². The van der Waals surface area contributed by atoms with Crippen LogP contribution in [0.4, 0.5) is 0 Å². The van der Waals surface area contributed by atoms with Gasteiger partial charge in [-0.3, -0.25) is 5.10 Å². The molecule has 0 radical (unpaired) electrons. The molecule has 0 saturated carbocycles. The molecule has 17 heavy (non-hydrogen) atoms. The molecule has 3 N–H and O–H groups in total. The van der Waals surface area contributed by atoms with Crippen LogP contribution < -0.4 is 16.4 Å². The van der Waals surface area contributed by atoms with Gasteiger partial charge in [0.15, 0.2) is 0 Å². The first-order chi connectivity index (χ1) is 7.72. The Morgan fingerprint density at radius 2 is 2.18 bits per heavy atom. The number of nitrogens with two attached hydrogens (primary N) is 1. The number of rotatable bonds is 0. The summed E-state index contributed by atoms with van der Waals surface area (Å²) in [6.07, 6.45) is 4.18. The summed E-state index contributed by atoms with van der Waals surface area (Å²) < 4.78 is 0.266. The second-order valence-electron chi connectivity index (χ2n) is 5.21. The van der Waals surface area contributed by atoms with Crippen molar-refractivity contribution in [2.75, 3.05) is 0 Å². The molecule has 92 valence electrons. The Labute approximate surface area is 122 Å². The second-order valence-corrected chi connectivity index (χ2v) is 7.70. The van der Waals surface area contributed by atoms with Crippen LogP contribution in [0.1, 0.15) is 20.8 Å². The summed E-state index contributed by atoms with van der Waals surface area (Å²) in [7, 11) is 0. The van der Waals surface area contributed by atoms with Gasteiger partial charge in [0, 0.05) is 0 Å². The molecule has 0 aromatic carbocycles. The van der Waals surface area contributed by atoms with Crippen molar-refractivity contribution in [2.45, 2.75) is 24.3 Å². The third-order valence-corrected chi connectivity index (χ3v) is 5.32. The van der Waals surface area contributed by atoms with E-state index in [1.165, 1.54) is 0 Å². The summed E-state index contributed by atoms with van der Waals surface area (Å²) in [6, 6.07) is 0. The maximum atomic E-state index is 6.37. The Morgan fingerprint density at radius 1 is 1.53 bits per heavy atom. The van der Waals surface area contributed by atoms with Crippen molar-refractivity contribution in [3.63, 3.8) is 0 Å². The van der Waals surface area contributed by atoms with Crippen molar-refractivity contribution >= 4 is 49.1 Å². The smallest absolute Gasteiger partial charge is 0.128 e. The van der Waals surface area contributed by atoms with E-state index in [0.717, 1.165) is 20.8 Å². The number of fused-ring (bicyclic) bond motifs is 1. The van der Waals surface area contributed by atoms with Gasteiger partial charge in [-0.2, -0.15) is 0 Å². The Bertz CT molecular complexity index is 592. The van der Waals surface area contributed by atoms with Crippen molar-refractivity contribution in [1.82, 2.24) is 15.4 Å². The topological polar surface area (TPSA) is 67.6 Å². The lowest BCUT2D eigenvalue weighted by molar-refractivity contribution is 0.539. The fourth-order valence-corrected chi connectivity index (χ4v) is 2.76. The maximum absolute atomic E-state index is 6.37. The van der Waals surface area contributed by atoms with Crippen molar-refractivity contribution in [3.05, 3.63) is 22.3 Å². The number of hydrogen-bond acceptors (Lipinski definition) is 3. The fourth-order valence-electron chi connectivity index (χ4n) is 1.67. The third-order valence-electron chi connectivity index (χ3n) is 2.41. The molecule has 6 heteroatoms. The molecule has 1 unspecified atom stereocenters. The summed E-state index contributed by atoms with van der Waals surface area (Å²) in [5.41, 5.74) is 7.49. The highest BCUT2D eigenvalue weighted by molar-refractivity contribution is 14.1. The van der Waals surface area contributed by atoms with Crippen molar-refractivity contribution in [2.24, 2.45) is 11.1 Å². The summed E-state index contributed by atoms with van der Waals surface area (Å²) in [5.74, 6) is 0. The average Bonchev–Trinajstić information content (AvgIpc) is 2.60. The van der Waals surface area contributed by atoms with E-state index in [4.69, 9.17) is 5.73 Å². The van der Waals surface area contributed by atoms with Gasteiger partial charge in [-0.15, -0.1) is 5.10 Å². The number of nitrogens with zero attached hydrogens (tertiary/aromatic N) is 2. The van der Waals surface area contributed by atoms with Gasteiger partial charge in [0.2, 0.25) is 0 Å². The zero-order chi connectivity index (χ0) is 12.8. The lowest BCUT2D eigenvalue weighted by Crippen LogP contribution is -2.45. The van der Waals surface area contributed by atoms with Crippen molar-refractivity contribution in [1.29, 1.82) is 0 Å². The minimum Gasteiger partial charge on any atom is -0.309 e. The molecule has 4 nitrogen and oxygen atoms in total. The van der Waals surface area contributed by atoms with Gasteiger partial charge < -0.3 is 5.73 Å². The highest BCUT2D eigenvalue weighted by Crippen LogP contribution is 2.38. The van der Waals surface area contributed by atoms with Gasteiger partial charge in [-0.1, -0.05) is 54.7 Å². The molecule has 0 aliphatic heterocycles. The zero-order valence-electron chi connectivity index (χ0n) is 9.88. The molecule has 1 aromatic rings. The highest BCUT2D eigenvalue weighted by atomic mass is 127. The number of hydrogen-bond donors (Lipinski definition) is 2. The number of allylic oxidation sites excluding steroid dienone is 1. The molecule has 1 aromatic heterocycles. The minimum absolute atomic E-state index is 0.0693. The summed E-state index contributed by atoms with van der Waals surface area (Å²) in [4.78, 5) is 0. The van der Waals surface area contributed by atoms with Gasteiger partial charge in [-0.05, 0) is 33.0 Å². The highest BCUT2D eigenvalue weighted by Gasteiger charge is 2.33. The van der Waals surface area contributed by atoms with E-state index < -0.39 is 3.55 Å². The molecule has 1 atom stereocenters.